The minimum atomic E-state index is -1.04. The van der Waals surface area contributed by atoms with E-state index in [0.29, 0.717) is 12.5 Å². The van der Waals surface area contributed by atoms with E-state index in [1.165, 1.54) is 0 Å². The maximum atomic E-state index is 13.6. The van der Waals surface area contributed by atoms with E-state index in [0.717, 1.165) is 37.2 Å². The number of amides is 1. The molecular formula is C21H23N3O2. The Balaban J connectivity index is 1.73. The molecule has 2 aliphatic rings. The van der Waals surface area contributed by atoms with Gasteiger partial charge in [0.05, 0.1) is 0 Å². The predicted molar refractivity (Wildman–Crippen MR) is 99.8 cm³/mol. The van der Waals surface area contributed by atoms with Crippen molar-refractivity contribution in [3.05, 3.63) is 71.8 Å². The van der Waals surface area contributed by atoms with Crippen LogP contribution in [-0.4, -0.2) is 36.5 Å². The fourth-order valence-electron chi connectivity index (χ4n) is 3.90. The summed E-state index contributed by atoms with van der Waals surface area (Å²) >= 11 is 0. The van der Waals surface area contributed by atoms with Gasteiger partial charge < -0.3 is 10.1 Å². The molecule has 5 nitrogen and oxygen atoms in total. The highest BCUT2D eigenvalue weighted by molar-refractivity contribution is 6.10. The van der Waals surface area contributed by atoms with Gasteiger partial charge in [0.2, 0.25) is 0 Å². The molecule has 1 amide bonds. The number of rotatable bonds is 4. The third-order valence-corrected chi connectivity index (χ3v) is 5.34. The normalized spacial score (nSPS) is 20.2. The summed E-state index contributed by atoms with van der Waals surface area (Å²) in [7, 11) is 0. The number of carbonyl (C=O) groups excluding carboxylic acids is 1. The Bertz CT molecular complexity index is 746. The first-order valence-corrected chi connectivity index (χ1v) is 9.09. The molecule has 0 aromatic heterocycles. The molecule has 2 saturated heterocycles. The SMILES string of the molecule is N=C1NC(c2ccccc2)(c2ccccc2)C(=O)N1CC1CCOCC1. The lowest BCUT2D eigenvalue weighted by molar-refractivity contribution is -0.130. The Morgan fingerprint density at radius 1 is 1.00 bits per heavy atom. The zero-order valence-corrected chi connectivity index (χ0v) is 14.7. The van der Waals surface area contributed by atoms with Gasteiger partial charge in [-0.15, -0.1) is 0 Å². The molecule has 0 aliphatic carbocycles. The van der Waals surface area contributed by atoms with Gasteiger partial charge in [0.15, 0.2) is 11.5 Å². The lowest BCUT2D eigenvalue weighted by Crippen LogP contribution is -2.45. The Morgan fingerprint density at radius 2 is 1.54 bits per heavy atom. The van der Waals surface area contributed by atoms with Gasteiger partial charge in [-0.05, 0) is 29.9 Å². The van der Waals surface area contributed by atoms with Crippen molar-refractivity contribution in [1.29, 1.82) is 5.41 Å². The Morgan fingerprint density at radius 3 is 2.08 bits per heavy atom. The largest absolute Gasteiger partial charge is 0.381 e. The van der Waals surface area contributed by atoms with Crippen LogP contribution < -0.4 is 5.32 Å². The number of hydrogen-bond donors (Lipinski definition) is 2. The van der Waals surface area contributed by atoms with Crippen molar-refractivity contribution >= 4 is 11.9 Å². The minimum Gasteiger partial charge on any atom is -0.381 e. The van der Waals surface area contributed by atoms with Crippen molar-refractivity contribution < 1.29 is 9.53 Å². The maximum absolute atomic E-state index is 13.6. The Labute approximate surface area is 153 Å². The lowest BCUT2D eigenvalue weighted by atomic mass is 9.82. The molecule has 4 rings (SSSR count). The van der Waals surface area contributed by atoms with E-state index in [1.807, 2.05) is 60.7 Å². The van der Waals surface area contributed by atoms with Crippen LogP contribution in [0.3, 0.4) is 0 Å². The van der Waals surface area contributed by atoms with Gasteiger partial charge in [0, 0.05) is 19.8 Å². The molecular weight excluding hydrogens is 326 g/mol. The van der Waals surface area contributed by atoms with Crippen LogP contribution in [0.25, 0.3) is 0 Å². The fourth-order valence-corrected chi connectivity index (χ4v) is 3.90. The van der Waals surface area contributed by atoms with Crippen molar-refractivity contribution in [2.75, 3.05) is 19.8 Å². The number of guanidine groups is 1. The summed E-state index contributed by atoms with van der Waals surface area (Å²) in [5, 5.41) is 11.7. The highest BCUT2D eigenvalue weighted by atomic mass is 16.5. The van der Waals surface area contributed by atoms with Crippen molar-refractivity contribution in [2.45, 2.75) is 18.4 Å². The van der Waals surface area contributed by atoms with E-state index in [4.69, 9.17) is 10.1 Å². The van der Waals surface area contributed by atoms with Crippen LogP contribution in [-0.2, 0) is 15.1 Å². The average Bonchev–Trinajstić information content (AvgIpc) is 2.96. The molecule has 5 heteroatoms. The van der Waals surface area contributed by atoms with Crippen LogP contribution in [0, 0.1) is 11.3 Å². The first-order valence-electron chi connectivity index (χ1n) is 9.09. The van der Waals surface area contributed by atoms with Crippen LogP contribution in [0.2, 0.25) is 0 Å². The predicted octanol–water partition coefficient (Wildman–Crippen LogP) is 2.72. The van der Waals surface area contributed by atoms with E-state index < -0.39 is 5.54 Å². The molecule has 0 unspecified atom stereocenters. The Hall–Kier alpha value is -2.66. The van der Waals surface area contributed by atoms with Crippen LogP contribution in [0.15, 0.2) is 60.7 Å². The summed E-state index contributed by atoms with van der Waals surface area (Å²) in [5.74, 6) is 0.470. The van der Waals surface area contributed by atoms with Gasteiger partial charge in [0.25, 0.3) is 5.91 Å². The molecule has 0 spiro atoms. The van der Waals surface area contributed by atoms with E-state index in [9.17, 15) is 4.79 Å². The number of benzene rings is 2. The number of nitrogens with zero attached hydrogens (tertiary/aromatic N) is 1. The lowest BCUT2D eigenvalue weighted by Gasteiger charge is -2.29. The van der Waals surface area contributed by atoms with Crippen molar-refractivity contribution in [3.8, 4) is 0 Å². The van der Waals surface area contributed by atoms with E-state index in [2.05, 4.69) is 5.32 Å². The van der Waals surface area contributed by atoms with E-state index in [-0.39, 0.29) is 11.9 Å². The molecule has 134 valence electrons. The number of hydrogen-bond acceptors (Lipinski definition) is 3. The summed E-state index contributed by atoms with van der Waals surface area (Å²) in [5.41, 5.74) is 0.677. The van der Waals surface area contributed by atoms with Crippen molar-refractivity contribution in [3.63, 3.8) is 0 Å². The van der Waals surface area contributed by atoms with E-state index >= 15 is 0 Å². The minimum absolute atomic E-state index is 0.0774. The molecule has 2 aromatic rings. The third kappa shape index (κ3) is 2.78. The average molecular weight is 349 g/mol. The molecule has 0 atom stereocenters. The summed E-state index contributed by atoms with van der Waals surface area (Å²) in [6.07, 6.45) is 1.86. The van der Waals surface area contributed by atoms with Crippen LogP contribution in [0.4, 0.5) is 0 Å². The van der Waals surface area contributed by atoms with Gasteiger partial charge in [-0.1, -0.05) is 60.7 Å². The molecule has 2 aliphatic heterocycles. The summed E-state index contributed by atoms with van der Waals surface area (Å²) in [6.45, 7) is 2.03. The van der Waals surface area contributed by atoms with Crippen LogP contribution >= 0.6 is 0 Å². The van der Waals surface area contributed by atoms with Gasteiger partial charge in [-0.25, -0.2) is 0 Å². The zero-order chi connectivity index (χ0) is 18.0. The molecule has 2 heterocycles. The quantitative estimate of drug-likeness (QED) is 0.892. The maximum Gasteiger partial charge on any atom is 0.264 e. The second-order valence-corrected chi connectivity index (χ2v) is 6.93. The third-order valence-electron chi connectivity index (χ3n) is 5.34. The summed E-state index contributed by atoms with van der Waals surface area (Å²) in [6, 6.07) is 19.4. The van der Waals surface area contributed by atoms with Gasteiger partial charge >= 0.3 is 0 Å². The zero-order valence-electron chi connectivity index (χ0n) is 14.7. The van der Waals surface area contributed by atoms with Gasteiger partial charge in [-0.2, -0.15) is 0 Å². The first kappa shape index (κ1) is 16.8. The highest BCUT2D eigenvalue weighted by Crippen LogP contribution is 2.36. The van der Waals surface area contributed by atoms with Gasteiger partial charge in [-0.3, -0.25) is 15.1 Å². The first-order chi connectivity index (χ1) is 12.7. The second kappa shape index (κ2) is 6.92. The molecule has 0 bridgehead atoms. The van der Waals surface area contributed by atoms with E-state index in [1.54, 1.807) is 4.90 Å². The topological polar surface area (TPSA) is 65.4 Å². The molecule has 0 saturated carbocycles. The van der Waals surface area contributed by atoms with Gasteiger partial charge in [0.1, 0.15) is 0 Å². The number of nitrogens with one attached hydrogen (secondary N) is 2. The molecule has 0 radical (unpaired) electrons. The second-order valence-electron chi connectivity index (χ2n) is 6.93. The van der Waals surface area contributed by atoms with Crippen LogP contribution in [0.1, 0.15) is 24.0 Å². The fraction of sp³-hybridized carbons (Fsp3) is 0.333. The van der Waals surface area contributed by atoms with Crippen molar-refractivity contribution in [2.24, 2.45) is 5.92 Å². The molecule has 26 heavy (non-hydrogen) atoms. The van der Waals surface area contributed by atoms with Crippen LogP contribution in [0.5, 0.6) is 0 Å². The smallest absolute Gasteiger partial charge is 0.264 e. The summed E-state index contributed by atoms with van der Waals surface area (Å²) in [4.78, 5) is 15.2. The Kier molecular flexibility index (Phi) is 4.47. The van der Waals surface area contributed by atoms with Crippen molar-refractivity contribution in [1.82, 2.24) is 10.2 Å². The highest BCUT2D eigenvalue weighted by Gasteiger charge is 2.52. The molecule has 2 fully saturated rings. The monoisotopic (exact) mass is 349 g/mol. The number of carbonyl (C=O) groups is 1. The molecule has 2 N–H and O–H groups in total. The summed E-state index contributed by atoms with van der Waals surface area (Å²) < 4.78 is 5.42. The standard InChI is InChI=1S/C21H23N3O2/c22-20-23-21(17-7-3-1-4-8-17,18-9-5-2-6-10-18)19(25)24(20)15-16-11-13-26-14-12-16/h1-10,16H,11-15H2,(H2,22,23). The molecule has 2 aromatic carbocycles. The number of ether oxygens (including phenoxy) is 1.